The van der Waals surface area contributed by atoms with Gasteiger partial charge in [-0.1, -0.05) is 24.3 Å². The highest BCUT2D eigenvalue weighted by atomic mass is 15.5. The van der Waals surface area contributed by atoms with E-state index in [2.05, 4.69) is 46.6 Å². The van der Waals surface area contributed by atoms with Crippen molar-refractivity contribution in [3.63, 3.8) is 0 Å². The Morgan fingerprint density at radius 2 is 1.94 bits per heavy atom. The Kier molecular flexibility index (Phi) is 3.64. The number of piperazine rings is 1. The Labute approximate surface area is 110 Å². The van der Waals surface area contributed by atoms with Gasteiger partial charge in [0.1, 0.15) is 0 Å². The minimum atomic E-state index is 0.855. The van der Waals surface area contributed by atoms with E-state index in [9.17, 15) is 0 Å². The Morgan fingerprint density at radius 3 is 2.67 bits per heavy atom. The fraction of sp³-hybridized carbons (Fsp3) is 0.600. The van der Waals surface area contributed by atoms with Gasteiger partial charge in [-0.2, -0.15) is 0 Å². The third-order valence-corrected chi connectivity index (χ3v) is 4.01. The molecule has 98 valence electrons. The van der Waals surface area contributed by atoms with Gasteiger partial charge in [-0.25, -0.2) is 5.01 Å². The van der Waals surface area contributed by atoms with E-state index in [0.717, 1.165) is 38.6 Å². The highest BCUT2D eigenvalue weighted by Gasteiger charge is 2.23. The van der Waals surface area contributed by atoms with E-state index in [4.69, 9.17) is 0 Å². The molecule has 3 heteroatoms. The molecule has 0 amide bonds. The summed E-state index contributed by atoms with van der Waals surface area (Å²) in [5, 5.41) is 2.35. The fourth-order valence-electron chi connectivity index (χ4n) is 2.54. The number of nitrogens with one attached hydrogen (secondary N) is 1. The molecule has 1 heterocycles. The lowest BCUT2D eigenvalue weighted by molar-refractivity contribution is 0.102. The summed E-state index contributed by atoms with van der Waals surface area (Å²) in [7, 11) is 2.19. The molecule has 1 aromatic rings. The highest BCUT2D eigenvalue weighted by molar-refractivity contribution is 5.28. The molecule has 2 fully saturated rings. The standard InChI is InChI=1S/C15H23N3/c1-17-7-9-18(10-8-17)16-12-13-3-2-4-15(11-13)14-5-6-14/h2-4,11,14,16H,5-10,12H2,1H3. The third-order valence-electron chi connectivity index (χ3n) is 4.01. The molecule has 0 radical (unpaired) electrons. The first-order valence-electron chi connectivity index (χ1n) is 7.07. The summed E-state index contributed by atoms with van der Waals surface area (Å²) in [6.45, 7) is 5.53. The van der Waals surface area contributed by atoms with Crippen LogP contribution in [0.5, 0.6) is 0 Å². The average molecular weight is 245 g/mol. The van der Waals surface area contributed by atoms with Gasteiger partial charge in [0.2, 0.25) is 0 Å². The Morgan fingerprint density at radius 1 is 1.17 bits per heavy atom. The molecule has 0 bridgehead atoms. The van der Waals surface area contributed by atoms with Crippen LogP contribution >= 0.6 is 0 Å². The lowest BCUT2D eigenvalue weighted by atomic mass is 10.1. The molecule has 1 aliphatic carbocycles. The summed E-state index contributed by atoms with van der Waals surface area (Å²) in [4.78, 5) is 2.38. The van der Waals surface area contributed by atoms with Crippen molar-refractivity contribution in [1.29, 1.82) is 0 Å². The maximum absolute atomic E-state index is 3.55. The summed E-state index contributed by atoms with van der Waals surface area (Å²) in [6, 6.07) is 9.08. The van der Waals surface area contributed by atoms with E-state index >= 15 is 0 Å². The van der Waals surface area contributed by atoms with E-state index in [1.165, 1.54) is 24.0 Å². The maximum Gasteiger partial charge on any atom is 0.0353 e. The minimum Gasteiger partial charge on any atom is -0.304 e. The van der Waals surface area contributed by atoms with E-state index in [0.29, 0.717) is 0 Å². The van der Waals surface area contributed by atoms with E-state index in [1.807, 2.05) is 0 Å². The molecule has 1 saturated carbocycles. The molecule has 1 N–H and O–H groups in total. The molecule has 3 nitrogen and oxygen atoms in total. The number of benzene rings is 1. The first kappa shape index (κ1) is 12.2. The van der Waals surface area contributed by atoms with Crippen molar-refractivity contribution < 1.29 is 0 Å². The lowest BCUT2D eigenvalue weighted by Crippen LogP contribution is -2.50. The van der Waals surface area contributed by atoms with Crippen LogP contribution in [0.15, 0.2) is 24.3 Å². The monoisotopic (exact) mass is 245 g/mol. The number of rotatable bonds is 4. The Bertz CT molecular complexity index is 392. The van der Waals surface area contributed by atoms with Crippen molar-refractivity contribution in [2.24, 2.45) is 0 Å². The van der Waals surface area contributed by atoms with E-state index < -0.39 is 0 Å². The van der Waals surface area contributed by atoms with Gasteiger partial charge in [0.05, 0.1) is 0 Å². The molecule has 1 aromatic carbocycles. The Hall–Kier alpha value is -0.900. The quantitative estimate of drug-likeness (QED) is 0.873. The largest absolute Gasteiger partial charge is 0.304 e. The SMILES string of the molecule is CN1CCN(NCc2cccc(C3CC3)c2)CC1. The van der Waals surface area contributed by atoms with Crippen LogP contribution in [0.1, 0.15) is 29.9 Å². The van der Waals surface area contributed by atoms with Crippen LogP contribution in [0.2, 0.25) is 0 Å². The normalized spacial score (nSPS) is 22.3. The zero-order valence-corrected chi connectivity index (χ0v) is 11.2. The van der Waals surface area contributed by atoms with Gasteiger partial charge in [0.15, 0.2) is 0 Å². The molecular weight excluding hydrogens is 222 g/mol. The van der Waals surface area contributed by atoms with Gasteiger partial charge >= 0.3 is 0 Å². The highest BCUT2D eigenvalue weighted by Crippen LogP contribution is 2.40. The van der Waals surface area contributed by atoms with Gasteiger partial charge in [0, 0.05) is 32.7 Å². The molecule has 0 aromatic heterocycles. The predicted molar refractivity (Wildman–Crippen MR) is 74.3 cm³/mol. The smallest absolute Gasteiger partial charge is 0.0353 e. The number of likely N-dealkylation sites (N-methyl/N-ethyl adjacent to an activating group) is 1. The third kappa shape index (κ3) is 3.10. The molecule has 2 aliphatic rings. The molecule has 0 spiro atoms. The summed E-state index contributed by atoms with van der Waals surface area (Å²) in [5.41, 5.74) is 6.50. The number of hydrogen-bond donors (Lipinski definition) is 1. The van der Waals surface area contributed by atoms with Gasteiger partial charge in [-0.3, -0.25) is 5.43 Å². The molecule has 0 unspecified atom stereocenters. The lowest BCUT2D eigenvalue weighted by Gasteiger charge is -2.32. The first-order chi connectivity index (χ1) is 8.81. The number of hydrogen-bond acceptors (Lipinski definition) is 3. The zero-order valence-electron chi connectivity index (χ0n) is 11.2. The average Bonchev–Trinajstić information content (AvgIpc) is 3.23. The van der Waals surface area contributed by atoms with Crippen molar-refractivity contribution in [3.05, 3.63) is 35.4 Å². The second-order valence-corrected chi connectivity index (χ2v) is 5.64. The summed E-state index contributed by atoms with van der Waals surface area (Å²) in [5.74, 6) is 0.855. The van der Waals surface area contributed by atoms with Gasteiger partial charge < -0.3 is 4.90 Å². The van der Waals surface area contributed by atoms with Crippen LogP contribution in [0.4, 0.5) is 0 Å². The molecule has 18 heavy (non-hydrogen) atoms. The topological polar surface area (TPSA) is 18.5 Å². The Balaban J connectivity index is 1.51. The van der Waals surface area contributed by atoms with Crippen LogP contribution < -0.4 is 5.43 Å². The van der Waals surface area contributed by atoms with Crippen molar-refractivity contribution in [3.8, 4) is 0 Å². The molecule has 0 atom stereocenters. The molecular formula is C15H23N3. The summed E-state index contributed by atoms with van der Waals surface area (Å²) in [6.07, 6.45) is 2.77. The molecule has 3 rings (SSSR count). The second kappa shape index (κ2) is 5.39. The minimum absolute atomic E-state index is 0.855. The fourth-order valence-corrected chi connectivity index (χ4v) is 2.54. The van der Waals surface area contributed by atoms with Crippen LogP contribution in [0.25, 0.3) is 0 Å². The number of hydrazine groups is 1. The van der Waals surface area contributed by atoms with Crippen molar-refractivity contribution in [2.75, 3.05) is 33.2 Å². The van der Waals surface area contributed by atoms with Crippen molar-refractivity contribution >= 4 is 0 Å². The van der Waals surface area contributed by atoms with Crippen LogP contribution in [-0.2, 0) is 6.54 Å². The first-order valence-corrected chi connectivity index (χ1v) is 7.07. The van der Waals surface area contributed by atoms with E-state index in [1.54, 1.807) is 0 Å². The zero-order chi connectivity index (χ0) is 12.4. The molecule has 1 aliphatic heterocycles. The maximum atomic E-state index is 3.55. The van der Waals surface area contributed by atoms with Crippen molar-refractivity contribution in [2.45, 2.75) is 25.3 Å². The van der Waals surface area contributed by atoms with Crippen LogP contribution in [0.3, 0.4) is 0 Å². The van der Waals surface area contributed by atoms with Crippen LogP contribution in [-0.4, -0.2) is 43.1 Å². The van der Waals surface area contributed by atoms with Crippen molar-refractivity contribution in [1.82, 2.24) is 15.3 Å². The second-order valence-electron chi connectivity index (χ2n) is 5.64. The predicted octanol–water partition coefficient (Wildman–Crippen LogP) is 1.82. The number of nitrogens with zero attached hydrogens (tertiary/aromatic N) is 2. The van der Waals surface area contributed by atoms with Gasteiger partial charge in [-0.15, -0.1) is 0 Å². The van der Waals surface area contributed by atoms with Gasteiger partial charge in [-0.05, 0) is 36.9 Å². The molecule has 1 saturated heterocycles. The van der Waals surface area contributed by atoms with Gasteiger partial charge in [0.25, 0.3) is 0 Å². The summed E-state index contributed by atoms with van der Waals surface area (Å²) >= 11 is 0. The summed E-state index contributed by atoms with van der Waals surface area (Å²) < 4.78 is 0. The van der Waals surface area contributed by atoms with E-state index in [-0.39, 0.29) is 0 Å². The van der Waals surface area contributed by atoms with Crippen LogP contribution in [0, 0.1) is 0 Å².